The average molecular weight is 470 g/mol. The van der Waals surface area contributed by atoms with Crippen molar-refractivity contribution in [2.75, 3.05) is 45.4 Å². The van der Waals surface area contributed by atoms with Crippen LogP contribution in [-0.2, 0) is 9.53 Å². The maximum absolute atomic E-state index is 11.8. The van der Waals surface area contributed by atoms with E-state index in [1.807, 2.05) is 24.3 Å². The molecule has 2 heterocycles. The fourth-order valence-corrected chi connectivity index (χ4v) is 3.95. The van der Waals surface area contributed by atoms with Gasteiger partial charge in [-0.3, -0.25) is 0 Å². The lowest BCUT2D eigenvalue weighted by Gasteiger charge is -2.28. The first-order valence-corrected chi connectivity index (χ1v) is 11.0. The van der Waals surface area contributed by atoms with E-state index >= 15 is 0 Å². The summed E-state index contributed by atoms with van der Waals surface area (Å²) in [5.74, 6) is 0.293. The zero-order chi connectivity index (χ0) is 23.2. The molecule has 9 nitrogen and oxygen atoms in total. The summed E-state index contributed by atoms with van der Waals surface area (Å²) in [6.07, 6.45) is 1.58. The number of nitrogens with zero attached hydrogens (tertiary/aromatic N) is 3. The largest absolute Gasteiger partial charge is 0.497 e. The van der Waals surface area contributed by atoms with Crippen LogP contribution >= 0.6 is 11.8 Å². The topological polar surface area (TPSA) is 107 Å². The SMILES string of the molecule is COc1cc(OC)cc(-c2nnc(S/C(=C/c3ccc(N4CCOCC4)cc3)C(=O)O)o2)c1. The minimum Gasteiger partial charge on any atom is -0.497 e. The summed E-state index contributed by atoms with van der Waals surface area (Å²) in [7, 11) is 3.09. The summed E-state index contributed by atoms with van der Waals surface area (Å²) in [5.41, 5.74) is 2.44. The van der Waals surface area contributed by atoms with Crippen LogP contribution in [0.25, 0.3) is 17.5 Å². The normalized spacial score (nSPS) is 14.2. The van der Waals surface area contributed by atoms with Gasteiger partial charge in [0.2, 0.25) is 5.89 Å². The Bertz CT molecular complexity index is 1120. The molecule has 3 aromatic rings. The van der Waals surface area contributed by atoms with Crippen LogP contribution in [0.2, 0.25) is 0 Å². The molecular formula is C23H23N3O6S. The van der Waals surface area contributed by atoms with Crippen LogP contribution in [0.5, 0.6) is 11.5 Å². The molecule has 0 radical (unpaired) electrons. The highest BCUT2D eigenvalue weighted by molar-refractivity contribution is 8.03. The second kappa shape index (κ2) is 10.4. The van der Waals surface area contributed by atoms with Gasteiger partial charge in [-0.2, -0.15) is 0 Å². The molecule has 1 saturated heterocycles. The van der Waals surface area contributed by atoms with E-state index in [4.69, 9.17) is 18.6 Å². The molecule has 1 N–H and O–H groups in total. The number of carboxylic acids is 1. The van der Waals surface area contributed by atoms with E-state index < -0.39 is 5.97 Å². The van der Waals surface area contributed by atoms with Crippen molar-refractivity contribution in [1.29, 1.82) is 0 Å². The third-order valence-electron chi connectivity index (χ3n) is 4.98. The first-order chi connectivity index (χ1) is 16.1. The summed E-state index contributed by atoms with van der Waals surface area (Å²) < 4.78 is 21.6. The summed E-state index contributed by atoms with van der Waals surface area (Å²) in [6.45, 7) is 3.08. The average Bonchev–Trinajstić information content (AvgIpc) is 3.33. The fourth-order valence-electron chi connectivity index (χ4n) is 3.28. The van der Waals surface area contributed by atoms with Crippen LogP contribution in [0.4, 0.5) is 5.69 Å². The van der Waals surface area contributed by atoms with Crippen LogP contribution in [0.15, 0.2) is 57.0 Å². The molecule has 172 valence electrons. The molecule has 1 aliphatic heterocycles. The number of benzene rings is 2. The van der Waals surface area contributed by atoms with Gasteiger partial charge in [0.1, 0.15) is 16.4 Å². The Kier molecular flexibility index (Phi) is 7.16. The van der Waals surface area contributed by atoms with Gasteiger partial charge in [-0.1, -0.05) is 12.1 Å². The molecule has 1 fully saturated rings. The summed E-state index contributed by atoms with van der Waals surface area (Å²) in [4.78, 5) is 14.1. The highest BCUT2D eigenvalue weighted by Gasteiger charge is 2.17. The number of ether oxygens (including phenoxy) is 3. The van der Waals surface area contributed by atoms with Crippen molar-refractivity contribution < 1.29 is 28.5 Å². The van der Waals surface area contributed by atoms with Crippen LogP contribution in [0.3, 0.4) is 0 Å². The molecule has 33 heavy (non-hydrogen) atoms. The molecule has 1 aliphatic rings. The zero-order valence-electron chi connectivity index (χ0n) is 18.2. The number of hydrogen-bond donors (Lipinski definition) is 1. The first-order valence-electron chi connectivity index (χ1n) is 10.2. The van der Waals surface area contributed by atoms with E-state index in [-0.39, 0.29) is 16.0 Å². The quantitative estimate of drug-likeness (QED) is 0.386. The van der Waals surface area contributed by atoms with E-state index in [0.29, 0.717) is 30.3 Å². The molecule has 0 amide bonds. The highest BCUT2D eigenvalue weighted by Crippen LogP contribution is 2.33. The summed E-state index contributed by atoms with van der Waals surface area (Å²) >= 11 is 0.891. The van der Waals surface area contributed by atoms with Gasteiger partial charge in [-0.15, -0.1) is 10.2 Å². The number of thioether (sulfide) groups is 1. The van der Waals surface area contributed by atoms with E-state index in [1.165, 1.54) is 0 Å². The molecule has 4 rings (SSSR count). The summed E-state index contributed by atoms with van der Waals surface area (Å²) in [5, 5.41) is 17.8. The Hall–Kier alpha value is -3.50. The first kappa shape index (κ1) is 22.7. The minimum absolute atomic E-state index is 0.0625. The molecular weight excluding hydrogens is 446 g/mol. The third-order valence-corrected chi connectivity index (χ3v) is 5.83. The van der Waals surface area contributed by atoms with Crippen LogP contribution in [-0.4, -0.2) is 61.8 Å². The number of morpholine rings is 1. The smallest absolute Gasteiger partial charge is 0.342 e. The lowest BCUT2D eigenvalue weighted by Crippen LogP contribution is -2.36. The molecule has 0 spiro atoms. The van der Waals surface area contributed by atoms with Gasteiger partial charge in [0, 0.05) is 30.4 Å². The number of rotatable bonds is 8. The van der Waals surface area contributed by atoms with Crippen molar-refractivity contribution in [3.8, 4) is 23.0 Å². The second-order valence-corrected chi connectivity index (χ2v) is 8.07. The number of methoxy groups -OCH3 is 2. The predicted molar refractivity (Wildman–Crippen MR) is 124 cm³/mol. The molecule has 0 unspecified atom stereocenters. The lowest BCUT2D eigenvalue weighted by atomic mass is 10.1. The monoisotopic (exact) mass is 469 g/mol. The standard InChI is InChI=1S/C23H23N3O6S/c1-29-18-12-16(13-19(14-18)30-2)21-24-25-23(32-21)33-20(22(27)28)11-15-3-5-17(6-4-15)26-7-9-31-10-8-26/h3-6,11-14H,7-10H2,1-2H3,(H,27,28)/b20-11+. The Labute approximate surface area is 195 Å². The Balaban J connectivity index is 1.51. The molecule has 10 heteroatoms. The molecule has 0 aliphatic carbocycles. The maximum atomic E-state index is 11.8. The second-order valence-electron chi connectivity index (χ2n) is 7.08. The lowest BCUT2D eigenvalue weighted by molar-refractivity contribution is -0.131. The third kappa shape index (κ3) is 5.65. The predicted octanol–water partition coefficient (Wildman–Crippen LogP) is 3.81. The van der Waals surface area contributed by atoms with Gasteiger partial charge in [0.15, 0.2) is 0 Å². The van der Waals surface area contributed by atoms with Gasteiger partial charge in [0.05, 0.1) is 27.4 Å². The number of carboxylic acid groups (broad SMARTS) is 1. The van der Waals surface area contributed by atoms with E-state index in [0.717, 1.165) is 36.1 Å². The molecule has 0 saturated carbocycles. The Morgan fingerprint density at radius 1 is 1.06 bits per heavy atom. The van der Waals surface area contributed by atoms with Crippen LogP contribution in [0, 0.1) is 0 Å². The van der Waals surface area contributed by atoms with Crippen LogP contribution in [0.1, 0.15) is 5.56 Å². The van der Waals surface area contributed by atoms with Crippen molar-refractivity contribution in [3.63, 3.8) is 0 Å². The highest BCUT2D eigenvalue weighted by atomic mass is 32.2. The number of aromatic nitrogens is 2. The molecule has 0 bridgehead atoms. The van der Waals surface area contributed by atoms with Crippen molar-refractivity contribution >= 4 is 29.5 Å². The van der Waals surface area contributed by atoms with Crippen LogP contribution < -0.4 is 14.4 Å². The number of anilines is 1. The van der Waals surface area contributed by atoms with E-state index in [2.05, 4.69) is 15.1 Å². The van der Waals surface area contributed by atoms with Crippen molar-refractivity contribution in [3.05, 3.63) is 52.9 Å². The van der Waals surface area contributed by atoms with E-state index in [1.54, 1.807) is 38.5 Å². The number of aliphatic carboxylic acids is 1. The van der Waals surface area contributed by atoms with Gasteiger partial charge in [-0.25, -0.2) is 4.79 Å². The van der Waals surface area contributed by atoms with Gasteiger partial charge in [-0.05, 0) is 47.7 Å². The van der Waals surface area contributed by atoms with Gasteiger partial charge >= 0.3 is 5.97 Å². The molecule has 0 atom stereocenters. The molecule has 1 aromatic heterocycles. The van der Waals surface area contributed by atoms with Gasteiger partial charge < -0.3 is 28.6 Å². The summed E-state index contributed by atoms with van der Waals surface area (Å²) in [6, 6.07) is 12.9. The molecule has 2 aromatic carbocycles. The van der Waals surface area contributed by atoms with Gasteiger partial charge in [0.25, 0.3) is 5.22 Å². The fraction of sp³-hybridized carbons (Fsp3) is 0.261. The Morgan fingerprint density at radius 3 is 2.33 bits per heavy atom. The minimum atomic E-state index is -1.08. The van der Waals surface area contributed by atoms with Crippen molar-refractivity contribution in [1.82, 2.24) is 10.2 Å². The Morgan fingerprint density at radius 2 is 1.73 bits per heavy atom. The number of hydrogen-bond acceptors (Lipinski definition) is 9. The van der Waals surface area contributed by atoms with Crippen molar-refractivity contribution in [2.45, 2.75) is 5.22 Å². The van der Waals surface area contributed by atoms with Crippen molar-refractivity contribution in [2.24, 2.45) is 0 Å². The zero-order valence-corrected chi connectivity index (χ0v) is 19.0. The maximum Gasteiger partial charge on any atom is 0.342 e. The number of carbonyl (C=O) groups is 1. The van der Waals surface area contributed by atoms with E-state index in [9.17, 15) is 9.90 Å².